The second-order valence-corrected chi connectivity index (χ2v) is 8.73. The minimum atomic E-state index is -0.726. The quantitative estimate of drug-likeness (QED) is 0.158. The molecule has 0 aliphatic rings. The molecule has 1 N–H and O–H groups in total. The summed E-state index contributed by atoms with van der Waals surface area (Å²) in [6, 6.07) is 17.9. The van der Waals surface area contributed by atoms with E-state index in [-0.39, 0.29) is 22.7 Å². The highest BCUT2D eigenvalue weighted by atomic mass is 35.5. The van der Waals surface area contributed by atoms with E-state index in [2.05, 4.69) is 5.32 Å². The molecule has 36 heavy (non-hydrogen) atoms. The number of thiophene rings is 1. The molecular formula is C27H18ClFN2O4S. The third kappa shape index (κ3) is 5.54. The maximum atomic E-state index is 13.4. The van der Waals surface area contributed by atoms with Crippen LogP contribution in [0, 0.1) is 17.1 Å². The number of nitriles is 1. The van der Waals surface area contributed by atoms with E-state index in [1.165, 1.54) is 30.3 Å². The van der Waals surface area contributed by atoms with Crippen molar-refractivity contribution in [1.82, 2.24) is 0 Å². The van der Waals surface area contributed by atoms with Gasteiger partial charge in [-0.2, -0.15) is 5.26 Å². The van der Waals surface area contributed by atoms with Crippen LogP contribution in [-0.2, 0) is 9.53 Å². The fourth-order valence-corrected chi connectivity index (χ4v) is 4.53. The first kappa shape index (κ1) is 24.9. The molecule has 6 nitrogen and oxygen atoms in total. The number of carbonyl (C=O) groups excluding carboxylic acids is 2. The zero-order valence-corrected chi connectivity index (χ0v) is 20.5. The first-order valence-electron chi connectivity index (χ1n) is 10.7. The van der Waals surface area contributed by atoms with Gasteiger partial charge in [-0.05, 0) is 48.9 Å². The Labute approximate surface area is 215 Å². The maximum absolute atomic E-state index is 13.4. The fraction of sp³-hybridized carbons (Fsp3) is 0.0741. The van der Waals surface area contributed by atoms with E-state index >= 15 is 0 Å². The Morgan fingerprint density at radius 3 is 2.64 bits per heavy atom. The molecule has 2 aromatic heterocycles. The van der Waals surface area contributed by atoms with Gasteiger partial charge in [0.25, 0.3) is 5.91 Å². The van der Waals surface area contributed by atoms with Gasteiger partial charge in [0.05, 0.1) is 6.61 Å². The predicted octanol–water partition coefficient (Wildman–Crippen LogP) is 7.19. The molecule has 0 bridgehead atoms. The highest BCUT2D eigenvalue weighted by molar-refractivity contribution is 7.15. The Hall–Kier alpha value is -4.19. The highest BCUT2D eigenvalue weighted by Gasteiger charge is 2.24. The molecule has 4 rings (SSSR count). The summed E-state index contributed by atoms with van der Waals surface area (Å²) in [7, 11) is 0. The summed E-state index contributed by atoms with van der Waals surface area (Å²) in [5.41, 5.74) is 1.70. The number of hydrogen-bond acceptors (Lipinski definition) is 6. The number of esters is 1. The molecule has 4 aromatic rings. The predicted molar refractivity (Wildman–Crippen MR) is 137 cm³/mol. The summed E-state index contributed by atoms with van der Waals surface area (Å²) in [5.74, 6) is -0.974. The molecule has 9 heteroatoms. The monoisotopic (exact) mass is 520 g/mol. The van der Waals surface area contributed by atoms with E-state index in [0.717, 1.165) is 16.9 Å². The number of halogens is 2. The number of amides is 1. The van der Waals surface area contributed by atoms with Gasteiger partial charge in [-0.3, -0.25) is 4.79 Å². The summed E-state index contributed by atoms with van der Waals surface area (Å²) < 4.78 is 24.3. The molecule has 0 aliphatic carbocycles. The van der Waals surface area contributed by atoms with Crippen molar-refractivity contribution >= 4 is 45.9 Å². The summed E-state index contributed by atoms with van der Waals surface area (Å²) in [5, 5.41) is 14.6. The van der Waals surface area contributed by atoms with Crippen molar-refractivity contribution in [1.29, 1.82) is 5.26 Å². The van der Waals surface area contributed by atoms with E-state index in [9.17, 15) is 19.2 Å². The number of rotatable bonds is 7. The van der Waals surface area contributed by atoms with Crippen molar-refractivity contribution in [3.8, 4) is 28.5 Å². The van der Waals surface area contributed by atoms with Crippen molar-refractivity contribution in [2.75, 3.05) is 11.9 Å². The molecule has 2 heterocycles. The van der Waals surface area contributed by atoms with Gasteiger partial charge in [-0.25, -0.2) is 9.18 Å². The minimum Gasteiger partial charge on any atom is -0.462 e. The summed E-state index contributed by atoms with van der Waals surface area (Å²) in [6.07, 6.45) is 1.31. The second-order valence-electron chi connectivity index (χ2n) is 7.42. The number of benzene rings is 2. The Bertz CT molecular complexity index is 1500. The van der Waals surface area contributed by atoms with Gasteiger partial charge in [0.15, 0.2) is 0 Å². The molecule has 1 amide bonds. The number of hydrogen-bond donors (Lipinski definition) is 1. The Balaban J connectivity index is 1.62. The molecule has 0 atom stereocenters. The summed E-state index contributed by atoms with van der Waals surface area (Å²) >= 11 is 7.13. The molecule has 0 spiro atoms. The lowest BCUT2D eigenvalue weighted by Crippen LogP contribution is -2.16. The van der Waals surface area contributed by atoms with E-state index in [0.29, 0.717) is 27.7 Å². The Kier molecular flexibility index (Phi) is 7.64. The number of carbonyl (C=O) groups is 2. The molecule has 0 radical (unpaired) electrons. The normalized spacial score (nSPS) is 11.1. The molecule has 0 fully saturated rings. The Morgan fingerprint density at radius 2 is 1.94 bits per heavy atom. The van der Waals surface area contributed by atoms with Gasteiger partial charge in [-0.1, -0.05) is 35.9 Å². The molecule has 0 aliphatic heterocycles. The smallest absolute Gasteiger partial charge is 0.341 e. The van der Waals surface area contributed by atoms with Gasteiger partial charge in [-0.15, -0.1) is 11.3 Å². The number of ether oxygens (including phenoxy) is 1. The molecular weight excluding hydrogens is 503 g/mol. The minimum absolute atomic E-state index is 0.125. The summed E-state index contributed by atoms with van der Waals surface area (Å²) in [4.78, 5) is 25.7. The number of anilines is 1. The fourth-order valence-electron chi connectivity index (χ4n) is 3.39. The number of furan rings is 1. The number of nitrogens with zero attached hydrogens (tertiary/aromatic N) is 1. The lowest BCUT2D eigenvalue weighted by atomic mass is 10.0. The zero-order chi connectivity index (χ0) is 25.7. The van der Waals surface area contributed by atoms with Crippen LogP contribution in [0.25, 0.3) is 28.5 Å². The van der Waals surface area contributed by atoms with Crippen LogP contribution in [0.5, 0.6) is 0 Å². The van der Waals surface area contributed by atoms with Crippen molar-refractivity contribution in [3.63, 3.8) is 0 Å². The molecule has 0 unspecified atom stereocenters. The maximum Gasteiger partial charge on any atom is 0.341 e. The van der Waals surface area contributed by atoms with E-state index in [4.69, 9.17) is 20.8 Å². The van der Waals surface area contributed by atoms with E-state index in [1.807, 2.05) is 12.1 Å². The average Bonchev–Trinajstić information content (AvgIpc) is 3.50. The third-order valence-corrected chi connectivity index (χ3v) is 6.17. The van der Waals surface area contributed by atoms with Crippen LogP contribution < -0.4 is 5.32 Å². The first-order valence-corrected chi connectivity index (χ1v) is 12.0. The van der Waals surface area contributed by atoms with Crippen LogP contribution in [0.15, 0.2) is 76.0 Å². The highest BCUT2D eigenvalue weighted by Crippen LogP contribution is 2.36. The van der Waals surface area contributed by atoms with Crippen molar-refractivity contribution < 1.29 is 23.1 Å². The van der Waals surface area contributed by atoms with Crippen LogP contribution >= 0.6 is 22.9 Å². The average molecular weight is 521 g/mol. The molecule has 180 valence electrons. The van der Waals surface area contributed by atoms with Crippen LogP contribution in [0.4, 0.5) is 9.39 Å². The van der Waals surface area contributed by atoms with Gasteiger partial charge < -0.3 is 14.5 Å². The lowest BCUT2D eigenvalue weighted by molar-refractivity contribution is -0.112. The van der Waals surface area contributed by atoms with Gasteiger partial charge in [0.1, 0.15) is 39.5 Å². The van der Waals surface area contributed by atoms with Gasteiger partial charge in [0.2, 0.25) is 0 Å². The lowest BCUT2D eigenvalue weighted by Gasteiger charge is -2.08. The third-order valence-electron chi connectivity index (χ3n) is 5.04. The van der Waals surface area contributed by atoms with Crippen molar-refractivity contribution in [2.24, 2.45) is 0 Å². The van der Waals surface area contributed by atoms with E-state index < -0.39 is 17.7 Å². The van der Waals surface area contributed by atoms with Crippen molar-refractivity contribution in [2.45, 2.75) is 6.92 Å². The second kappa shape index (κ2) is 11.0. The Morgan fingerprint density at radius 1 is 1.17 bits per heavy atom. The largest absolute Gasteiger partial charge is 0.462 e. The van der Waals surface area contributed by atoms with Crippen LogP contribution in [-0.4, -0.2) is 18.5 Å². The van der Waals surface area contributed by atoms with Crippen LogP contribution in [0.2, 0.25) is 5.02 Å². The zero-order valence-electron chi connectivity index (χ0n) is 18.9. The standard InChI is InChI=1S/C27H18ClFN2O4S/c1-2-34-27(33)24-22(16-6-8-20(29)9-7-16)15-36-26(24)31-25(32)18(14-30)13-21-10-11-23(35-21)17-4-3-5-19(28)12-17/h3-13,15H,2H2,1H3,(H,31,32). The van der Waals surface area contributed by atoms with Crippen LogP contribution in [0.3, 0.4) is 0 Å². The number of nitrogens with one attached hydrogen (secondary N) is 1. The molecule has 0 saturated carbocycles. The SMILES string of the molecule is CCOC(=O)c1c(-c2ccc(F)cc2)csc1NC(=O)C(C#N)=Cc1ccc(-c2cccc(Cl)c2)o1. The van der Waals surface area contributed by atoms with Gasteiger partial charge >= 0.3 is 5.97 Å². The van der Waals surface area contributed by atoms with Crippen LogP contribution in [0.1, 0.15) is 23.0 Å². The molecule has 2 aromatic carbocycles. The molecule has 0 saturated heterocycles. The first-order chi connectivity index (χ1) is 17.4. The summed E-state index contributed by atoms with van der Waals surface area (Å²) in [6.45, 7) is 1.79. The van der Waals surface area contributed by atoms with Gasteiger partial charge in [0, 0.05) is 27.6 Å². The topological polar surface area (TPSA) is 92.3 Å². The van der Waals surface area contributed by atoms with E-state index in [1.54, 1.807) is 42.6 Å². The van der Waals surface area contributed by atoms with Crippen molar-refractivity contribution in [3.05, 3.63) is 93.8 Å².